The zero-order chi connectivity index (χ0) is 32.3. The van der Waals surface area contributed by atoms with Crippen molar-refractivity contribution in [3.63, 3.8) is 0 Å². The zero-order valence-corrected chi connectivity index (χ0v) is 26.2. The maximum Gasteiger partial charge on any atom is 0.164 e. The number of furan rings is 1. The van der Waals surface area contributed by atoms with E-state index in [0.29, 0.717) is 17.5 Å². The Hall–Kier alpha value is -6.72. The number of aromatic nitrogens is 4. The minimum Gasteiger partial charge on any atom is -0.456 e. The third kappa shape index (κ3) is 4.63. The van der Waals surface area contributed by atoms with E-state index in [1.54, 1.807) is 6.20 Å². The van der Waals surface area contributed by atoms with Crippen LogP contribution in [-0.2, 0) is 0 Å². The summed E-state index contributed by atoms with van der Waals surface area (Å²) >= 11 is 0. The summed E-state index contributed by atoms with van der Waals surface area (Å²) in [6, 6.07) is 50.5. The van der Waals surface area contributed by atoms with Crippen LogP contribution in [0, 0.1) is 0 Å². The number of fused-ring (bicyclic) bond motifs is 7. The monoisotopic (exact) mass is 626 g/mol. The van der Waals surface area contributed by atoms with Gasteiger partial charge in [-0.3, -0.25) is 4.98 Å². The molecule has 49 heavy (non-hydrogen) atoms. The molecule has 3 heterocycles. The number of rotatable bonds is 4. The molecule has 5 nitrogen and oxygen atoms in total. The summed E-state index contributed by atoms with van der Waals surface area (Å²) in [5.41, 5.74) is 6.74. The minimum absolute atomic E-state index is 0.608. The van der Waals surface area contributed by atoms with Crippen LogP contribution in [0.5, 0.6) is 0 Å². The molecule has 7 aromatic carbocycles. The van der Waals surface area contributed by atoms with Crippen molar-refractivity contribution in [2.75, 3.05) is 0 Å². The maximum absolute atomic E-state index is 6.18. The van der Waals surface area contributed by atoms with Crippen LogP contribution < -0.4 is 0 Å². The van der Waals surface area contributed by atoms with Gasteiger partial charge >= 0.3 is 0 Å². The second kappa shape index (κ2) is 10.9. The van der Waals surface area contributed by atoms with Crippen LogP contribution in [0.3, 0.4) is 0 Å². The lowest BCUT2D eigenvalue weighted by molar-refractivity contribution is 0.668. The van der Waals surface area contributed by atoms with Crippen LogP contribution >= 0.6 is 0 Å². The van der Waals surface area contributed by atoms with Crippen LogP contribution in [0.25, 0.3) is 99.5 Å². The fraction of sp³-hybridized carbons (Fsp3) is 0. The van der Waals surface area contributed by atoms with Crippen LogP contribution in [0.1, 0.15) is 0 Å². The van der Waals surface area contributed by atoms with E-state index < -0.39 is 0 Å². The standard InChI is InChI=1S/C44H26N4O/c1-2-8-32-24-33(18-12-27(32)6-1)43-46-42(31-16-13-29(14-17-31)36-11-5-9-28-7-3-4-10-35(28)36)47-44(48-43)34-19-15-30-20-21-40-41(37(30)25-34)38-26-45-23-22-39(38)49-40/h1-26H. The lowest BCUT2D eigenvalue weighted by Crippen LogP contribution is -2.00. The lowest BCUT2D eigenvalue weighted by Gasteiger charge is -2.11. The molecular weight excluding hydrogens is 601 g/mol. The first-order valence-electron chi connectivity index (χ1n) is 16.3. The van der Waals surface area contributed by atoms with Gasteiger partial charge in [0.25, 0.3) is 0 Å². The van der Waals surface area contributed by atoms with Crippen molar-refractivity contribution < 1.29 is 4.42 Å². The molecule has 0 atom stereocenters. The number of hydrogen-bond acceptors (Lipinski definition) is 5. The number of pyridine rings is 1. The van der Waals surface area contributed by atoms with E-state index in [1.165, 1.54) is 21.7 Å². The van der Waals surface area contributed by atoms with Crippen molar-refractivity contribution in [3.05, 3.63) is 158 Å². The molecule has 5 heteroatoms. The van der Waals surface area contributed by atoms with Gasteiger partial charge in [0.15, 0.2) is 17.5 Å². The Balaban J connectivity index is 1.15. The zero-order valence-electron chi connectivity index (χ0n) is 26.2. The van der Waals surface area contributed by atoms with E-state index in [-0.39, 0.29) is 0 Å². The molecule has 0 amide bonds. The Kier molecular flexibility index (Phi) is 6.11. The average Bonchev–Trinajstić information content (AvgIpc) is 3.56. The fourth-order valence-corrected chi connectivity index (χ4v) is 6.95. The van der Waals surface area contributed by atoms with Crippen molar-refractivity contribution in [2.24, 2.45) is 0 Å². The molecular formula is C44H26N4O. The van der Waals surface area contributed by atoms with Gasteiger partial charge in [0.05, 0.1) is 0 Å². The minimum atomic E-state index is 0.608. The Bertz CT molecular complexity index is 2890. The largest absolute Gasteiger partial charge is 0.456 e. The Morgan fingerprint density at radius 1 is 0.388 bits per heavy atom. The van der Waals surface area contributed by atoms with E-state index in [4.69, 9.17) is 19.4 Å². The summed E-state index contributed by atoms with van der Waals surface area (Å²) < 4.78 is 6.18. The van der Waals surface area contributed by atoms with Gasteiger partial charge in [0.2, 0.25) is 0 Å². The van der Waals surface area contributed by atoms with Crippen LogP contribution in [0.15, 0.2) is 162 Å². The molecule has 0 N–H and O–H groups in total. The van der Waals surface area contributed by atoms with Gasteiger partial charge in [-0.05, 0) is 67.7 Å². The average molecular weight is 627 g/mol. The summed E-state index contributed by atoms with van der Waals surface area (Å²) in [5.74, 6) is 1.85. The predicted molar refractivity (Wildman–Crippen MR) is 199 cm³/mol. The van der Waals surface area contributed by atoms with Crippen molar-refractivity contribution in [2.45, 2.75) is 0 Å². The third-order valence-electron chi connectivity index (χ3n) is 9.40. The van der Waals surface area contributed by atoms with E-state index >= 15 is 0 Å². The molecule has 0 bridgehead atoms. The Morgan fingerprint density at radius 2 is 1.00 bits per heavy atom. The molecule has 0 saturated heterocycles. The van der Waals surface area contributed by atoms with Crippen molar-refractivity contribution in [1.82, 2.24) is 19.9 Å². The Labute approximate surface area is 281 Å². The third-order valence-corrected chi connectivity index (χ3v) is 9.40. The number of nitrogens with zero attached hydrogens (tertiary/aromatic N) is 4. The molecule has 0 saturated carbocycles. The topological polar surface area (TPSA) is 64.7 Å². The van der Waals surface area contributed by atoms with Gasteiger partial charge in [-0.1, -0.05) is 121 Å². The van der Waals surface area contributed by atoms with Gasteiger partial charge in [0.1, 0.15) is 11.2 Å². The summed E-state index contributed by atoms with van der Waals surface area (Å²) in [7, 11) is 0. The Morgan fingerprint density at radius 3 is 1.84 bits per heavy atom. The smallest absolute Gasteiger partial charge is 0.164 e. The van der Waals surface area contributed by atoms with Crippen molar-refractivity contribution in [3.8, 4) is 45.3 Å². The molecule has 0 aliphatic heterocycles. The summed E-state index contributed by atoms with van der Waals surface area (Å²) in [6.07, 6.45) is 3.63. The molecule has 0 aliphatic carbocycles. The number of hydrogen-bond donors (Lipinski definition) is 0. The van der Waals surface area contributed by atoms with E-state index in [2.05, 4.69) is 138 Å². The lowest BCUT2D eigenvalue weighted by atomic mass is 9.97. The van der Waals surface area contributed by atoms with Gasteiger partial charge in [-0.25, -0.2) is 15.0 Å². The molecule has 0 radical (unpaired) electrons. The highest BCUT2D eigenvalue weighted by molar-refractivity contribution is 6.19. The van der Waals surface area contributed by atoms with Gasteiger partial charge in [0, 0.05) is 39.9 Å². The first-order valence-corrected chi connectivity index (χ1v) is 16.3. The highest BCUT2D eigenvalue weighted by atomic mass is 16.3. The quantitative estimate of drug-likeness (QED) is 0.194. The first kappa shape index (κ1) is 27.4. The van der Waals surface area contributed by atoms with Crippen molar-refractivity contribution >= 4 is 54.3 Å². The normalized spacial score (nSPS) is 11.7. The number of benzene rings is 7. The molecule has 0 aliphatic rings. The van der Waals surface area contributed by atoms with E-state index in [1.807, 2.05) is 18.3 Å². The van der Waals surface area contributed by atoms with Gasteiger partial charge in [-0.15, -0.1) is 0 Å². The van der Waals surface area contributed by atoms with E-state index in [9.17, 15) is 0 Å². The molecule has 228 valence electrons. The maximum atomic E-state index is 6.18. The molecule has 0 spiro atoms. The fourth-order valence-electron chi connectivity index (χ4n) is 6.95. The highest BCUT2D eigenvalue weighted by Gasteiger charge is 2.16. The second-order valence-electron chi connectivity index (χ2n) is 12.3. The predicted octanol–water partition coefficient (Wildman–Crippen LogP) is 11.3. The van der Waals surface area contributed by atoms with Crippen LogP contribution in [-0.4, -0.2) is 19.9 Å². The van der Waals surface area contributed by atoms with Crippen LogP contribution in [0.4, 0.5) is 0 Å². The summed E-state index contributed by atoms with van der Waals surface area (Å²) in [6.45, 7) is 0. The SMILES string of the molecule is c1ccc2cc(-c3nc(-c4ccc(-c5cccc6ccccc56)cc4)nc(-c4ccc5ccc6oc7ccncc7c6c5c4)n3)ccc2c1. The highest BCUT2D eigenvalue weighted by Crippen LogP contribution is 2.37. The molecule has 10 aromatic rings. The van der Waals surface area contributed by atoms with Crippen LogP contribution in [0.2, 0.25) is 0 Å². The molecule has 10 rings (SSSR count). The summed E-state index contributed by atoms with van der Waals surface area (Å²) in [4.78, 5) is 19.6. The molecule has 0 fully saturated rings. The first-order chi connectivity index (χ1) is 24.2. The van der Waals surface area contributed by atoms with Crippen molar-refractivity contribution in [1.29, 1.82) is 0 Å². The van der Waals surface area contributed by atoms with Gasteiger partial charge < -0.3 is 4.42 Å². The van der Waals surface area contributed by atoms with E-state index in [0.717, 1.165) is 60.4 Å². The second-order valence-corrected chi connectivity index (χ2v) is 12.3. The van der Waals surface area contributed by atoms with Gasteiger partial charge in [-0.2, -0.15) is 0 Å². The molecule has 0 unspecified atom stereocenters. The summed E-state index contributed by atoms with van der Waals surface area (Å²) in [5, 5.41) is 8.95. The molecule has 3 aromatic heterocycles.